The van der Waals surface area contributed by atoms with Crippen molar-refractivity contribution in [2.75, 3.05) is 6.79 Å². The number of carbonyl (C=O) groups is 1. The summed E-state index contributed by atoms with van der Waals surface area (Å²) in [5.41, 5.74) is 4.15. The Bertz CT molecular complexity index is 1290. The van der Waals surface area contributed by atoms with Crippen LogP contribution < -0.4 is 19.8 Å². The van der Waals surface area contributed by atoms with Crippen LogP contribution in [-0.4, -0.2) is 12.6 Å². The molecule has 0 radical (unpaired) electrons. The predicted molar refractivity (Wildman–Crippen MR) is 109 cm³/mol. The van der Waals surface area contributed by atoms with Crippen LogP contribution in [0.5, 0.6) is 17.2 Å². The molecule has 1 atom stereocenters. The molecule has 0 fully saturated rings. The van der Waals surface area contributed by atoms with Gasteiger partial charge in [-0.05, 0) is 67.5 Å². The topological polar surface area (TPSA) is 75.0 Å². The van der Waals surface area contributed by atoms with Gasteiger partial charge in [-0.25, -0.2) is 4.79 Å². The third kappa shape index (κ3) is 2.49. The van der Waals surface area contributed by atoms with Crippen molar-refractivity contribution in [2.45, 2.75) is 45.1 Å². The van der Waals surface area contributed by atoms with Crippen LogP contribution >= 0.6 is 0 Å². The van der Waals surface area contributed by atoms with E-state index in [1.165, 1.54) is 0 Å². The number of aryl methyl sites for hydroxylation is 2. The van der Waals surface area contributed by atoms with Gasteiger partial charge in [-0.3, -0.25) is 4.79 Å². The van der Waals surface area contributed by atoms with Gasteiger partial charge in [0.25, 0.3) is 0 Å². The summed E-state index contributed by atoms with van der Waals surface area (Å²) in [5.74, 6) is 1.94. The van der Waals surface area contributed by atoms with Crippen LogP contribution in [0.15, 0.2) is 33.5 Å². The molecule has 2 aromatic carbocycles. The Morgan fingerprint density at radius 2 is 1.77 bits per heavy atom. The molecule has 1 unspecified atom stereocenters. The van der Waals surface area contributed by atoms with Crippen LogP contribution in [0, 0.1) is 6.92 Å². The van der Waals surface area contributed by atoms with Crippen LogP contribution in [-0.2, 0) is 12.8 Å². The molecule has 0 saturated heterocycles. The van der Waals surface area contributed by atoms with Crippen molar-refractivity contribution in [3.05, 3.63) is 62.5 Å². The summed E-state index contributed by atoms with van der Waals surface area (Å²) in [5, 5.41) is 0.781. The fourth-order valence-corrected chi connectivity index (χ4v) is 4.91. The third-order valence-corrected chi connectivity index (χ3v) is 6.34. The first-order valence-corrected chi connectivity index (χ1v) is 10.3. The van der Waals surface area contributed by atoms with E-state index in [0.29, 0.717) is 34.8 Å². The Morgan fingerprint density at radius 1 is 0.967 bits per heavy atom. The van der Waals surface area contributed by atoms with Gasteiger partial charge < -0.3 is 18.6 Å². The molecule has 0 amide bonds. The number of Topliss-reactive ketones (excluding diaryl/α,β-unsaturated/α-hetero) is 1. The van der Waals surface area contributed by atoms with E-state index in [-0.39, 0.29) is 24.6 Å². The van der Waals surface area contributed by atoms with E-state index in [0.717, 1.165) is 46.9 Å². The number of rotatable bonds is 1. The van der Waals surface area contributed by atoms with Gasteiger partial charge in [0.15, 0.2) is 17.3 Å². The molecule has 1 aromatic heterocycles. The maximum atomic E-state index is 13.2. The lowest BCUT2D eigenvalue weighted by Gasteiger charge is -2.29. The van der Waals surface area contributed by atoms with Crippen LogP contribution in [0.25, 0.3) is 11.0 Å². The van der Waals surface area contributed by atoms with Crippen LogP contribution in [0.4, 0.5) is 0 Å². The monoisotopic (exact) mass is 404 g/mol. The maximum Gasteiger partial charge on any atom is 0.339 e. The van der Waals surface area contributed by atoms with Crippen LogP contribution in [0.1, 0.15) is 58.0 Å². The lowest BCUT2D eigenvalue weighted by atomic mass is 9.86. The Balaban J connectivity index is 1.55. The summed E-state index contributed by atoms with van der Waals surface area (Å²) in [6.07, 6.45) is 3.29. The van der Waals surface area contributed by atoms with E-state index in [1.807, 2.05) is 25.1 Å². The number of benzene rings is 2. The van der Waals surface area contributed by atoms with E-state index < -0.39 is 6.10 Å². The number of hydrogen-bond acceptors (Lipinski definition) is 6. The Kier molecular flexibility index (Phi) is 3.72. The highest BCUT2D eigenvalue weighted by atomic mass is 16.7. The SMILES string of the molecule is Cc1cc2oc(=O)c3c(c2c2c1C(=O)CC(c1ccc4c(c1)OCO4)O2)CCCC3. The zero-order chi connectivity index (χ0) is 20.4. The molecule has 0 bridgehead atoms. The highest BCUT2D eigenvalue weighted by Crippen LogP contribution is 2.45. The number of fused-ring (bicyclic) bond motifs is 6. The predicted octanol–water partition coefficient (Wildman–Crippen LogP) is 4.42. The van der Waals surface area contributed by atoms with Crippen molar-refractivity contribution in [2.24, 2.45) is 0 Å². The number of ether oxygens (including phenoxy) is 3. The second-order valence-electron chi connectivity index (χ2n) is 8.17. The fraction of sp³-hybridized carbons (Fsp3) is 0.333. The summed E-state index contributed by atoms with van der Waals surface area (Å²) in [6.45, 7) is 2.06. The third-order valence-electron chi connectivity index (χ3n) is 6.34. The molecule has 0 spiro atoms. The largest absolute Gasteiger partial charge is 0.484 e. The summed E-state index contributed by atoms with van der Waals surface area (Å²) in [4.78, 5) is 25.7. The fourth-order valence-electron chi connectivity index (χ4n) is 4.91. The molecule has 3 aliphatic rings. The average Bonchev–Trinajstić information content (AvgIpc) is 3.21. The van der Waals surface area contributed by atoms with E-state index in [1.54, 1.807) is 6.07 Å². The summed E-state index contributed by atoms with van der Waals surface area (Å²) in [7, 11) is 0. The van der Waals surface area contributed by atoms with Gasteiger partial charge in [-0.2, -0.15) is 0 Å². The molecular weight excluding hydrogens is 384 g/mol. The van der Waals surface area contributed by atoms with Crippen LogP contribution in [0.3, 0.4) is 0 Å². The first-order chi connectivity index (χ1) is 14.6. The second-order valence-corrected chi connectivity index (χ2v) is 8.17. The molecule has 152 valence electrons. The van der Waals surface area contributed by atoms with Crippen molar-refractivity contribution in [1.29, 1.82) is 0 Å². The van der Waals surface area contributed by atoms with E-state index in [9.17, 15) is 9.59 Å². The zero-order valence-corrected chi connectivity index (χ0v) is 16.6. The molecule has 6 rings (SSSR count). The molecule has 3 heterocycles. The summed E-state index contributed by atoms with van der Waals surface area (Å²) >= 11 is 0. The molecule has 6 nitrogen and oxygen atoms in total. The lowest BCUT2D eigenvalue weighted by Crippen LogP contribution is -2.23. The van der Waals surface area contributed by atoms with Gasteiger partial charge in [0.1, 0.15) is 17.4 Å². The summed E-state index contributed by atoms with van der Waals surface area (Å²) in [6, 6.07) is 7.42. The van der Waals surface area contributed by atoms with Crippen molar-refractivity contribution >= 4 is 16.8 Å². The first-order valence-electron chi connectivity index (χ1n) is 10.3. The van der Waals surface area contributed by atoms with Crippen molar-refractivity contribution in [1.82, 2.24) is 0 Å². The van der Waals surface area contributed by atoms with Crippen molar-refractivity contribution in [3.63, 3.8) is 0 Å². The highest BCUT2D eigenvalue weighted by molar-refractivity contribution is 6.07. The van der Waals surface area contributed by atoms with E-state index in [2.05, 4.69) is 0 Å². The number of ketones is 1. The lowest BCUT2D eigenvalue weighted by molar-refractivity contribution is 0.0851. The number of hydrogen-bond donors (Lipinski definition) is 0. The highest BCUT2D eigenvalue weighted by Gasteiger charge is 2.34. The van der Waals surface area contributed by atoms with Crippen molar-refractivity contribution in [3.8, 4) is 17.2 Å². The molecule has 2 aliphatic heterocycles. The minimum Gasteiger partial charge on any atom is -0.484 e. The Hall–Kier alpha value is -3.28. The smallest absolute Gasteiger partial charge is 0.339 e. The van der Waals surface area contributed by atoms with Gasteiger partial charge in [0, 0.05) is 5.56 Å². The maximum absolute atomic E-state index is 13.2. The molecule has 3 aromatic rings. The normalized spacial score (nSPS) is 19.4. The quantitative estimate of drug-likeness (QED) is 0.559. The molecular formula is C24H20O6. The minimum absolute atomic E-state index is 0.0362. The molecule has 6 heteroatoms. The van der Waals surface area contributed by atoms with Gasteiger partial charge in [-0.15, -0.1) is 0 Å². The summed E-state index contributed by atoms with van der Waals surface area (Å²) < 4.78 is 23.0. The average molecular weight is 404 g/mol. The minimum atomic E-state index is -0.435. The molecule has 1 aliphatic carbocycles. The Labute approximate surface area is 172 Å². The van der Waals surface area contributed by atoms with Gasteiger partial charge in [0.05, 0.1) is 17.4 Å². The molecule has 0 saturated carbocycles. The zero-order valence-electron chi connectivity index (χ0n) is 16.6. The van der Waals surface area contributed by atoms with Gasteiger partial charge in [0.2, 0.25) is 6.79 Å². The van der Waals surface area contributed by atoms with Gasteiger partial charge >= 0.3 is 5.63 Å². The Morgan fingerprint density at radius 3 is 2.63 bits per heavy atom. The van der Waals surface area contributed by atoms with Gasteiger partial charge in [-0.1, -0.05) is 6.07 Å². The first kappa shape index (κ1) is 17.6. The van der Waals surface area contributed by atoms with E-state index >= 15 is 0 Å². The van der Waals surface area contributed by atoms with Crippen molar-refractivity contribution < 1.29 is 23.4 Å². The van der Waals surface area contributed by atoms with Crippen LogP contribution in [0.2, 0.25) is 0 Å². The second kappa shape index (κ2) is 6.36. The van der Waals surface area contributed by atoms with E-state index in [4.69, 9.17) is 18.6 Å². The standard InChI is InChI=1S/C24H20O6/c1-12-8-20-22(14-4-2-3-5-15(14)24(26)30-20)23-21(12)16(25)10-18(29-23)13-6-7-17-19(9-13)28-11-27-17/h6-9,18H,2-5,10-11H2,1H3. The number of carbonyl (C=O) groups excluding carboxylic acids is 1. The molecule has 30 heavy (non-hydrogen) atoms. The molecule has 0 N–H and O–H groups in total.